The van der Waals surface area contributed by atoms with Crippen LogP contribution in [-0.4, -0.2) is 49.9 Å². The number of nitrogens with zero attached hydrogens (tertiary/aromatic N) is 2. The van der Waals surface area contributed by atoms with Gasteiger partial charge in [0.15, 0.2) is 0 Å². The molecule has 0 atom stereocenters. The van der Waals surface area contributed by atoms with Crippen LogP contribution < -0.4 is 15.8 Å². The first-order chi connectivity index (χ1) is 8.31. The van der Waals surface area contributed by atoms with E-state index in [0.29, 0.717) is 24.5 Å². The molecular weight excluding hydrogens is 220 g/mol. The third-order valence-corrected chi connectivity index (χ3v) is 2.85. The Morgan fingerprint density at radius 1 is 1.47 bits per heavy atom. The van der Waals surface area contributed by atoms with Gasteiger partial charge in [-0.2, -0.15) is 0 Å². The highest BCUT2D eigenvalue weighted by Crippen LogP contribution is 2.05. The summed E-state index contributed by atoms with van der Waals surface area (Å²) in [7, 11) is 1.62. The highest BCUT2D eigenvalue weighted by atomic mass is 16.5. The second-order valence-corrected chi connectivity index (χ2v) is 4.04. The van der Waals surface area contributed by atoms with Crippen molar-refractivity contribution >= 4 is 5.95 Å². The molecule has 0 saturated carbocycles. The van der Waals surface area contributed by atoms with Gasteiger partial charge in [0.2, 0.25) is 5.95 Å². The van der Waals surface area contributed by atoms with Crippen molar-refractivity contribution in [1.29, 1.82) is 0 Å². The Morgan fingerprint density at radius 3 is 2.88 bits per heavy atom. The van der Waals surface area contributed by atoms with E-state index in [-0.39, 0.29) is 5.56 Å². The smallest absolute Gasteiger partial charge is 0.255 e. The topological polar surface area (TPSA) is 70.2 Å². The summed E-state index contributed by atoms with van der Waals surface area (Å²) in [6.45, 7) is 4.14. The molecule has 1 aliphatic rings. The van der Waals surface area contributed by atoms with Crippen LogP contribution in [0.4, 0.5) is 5.95 Å². The standard InChI is InChI=1S/C11H18N4O2/c1-17-7-2-9-8-13-11(14-10(9)16)15-5-3-12-4-6-15/h8,12H,2-7H2,1H3,(H,13,14,16). The maximum atomic E-state index is 11.8. The monoisotopic (exact) mass is 238 g/mol. The molecule has 1 aromatic rings. The molecule has 0 spiro atoms. The molecule has 1 saturated heterocycles. The minimum atomic E-state index is -0.0643. The molecule has 0 bridgehead atoms. The minimum absolute atomic E-state index is 0.0643. The molecule has 6 nitrogen and oxygen atoms in total. The summed E-state index contributed by atoms with van der Waals surface area (Å²) in [5.74, 6) is 0.665. The molecule has 1 aliphatic heterocycles. The van der Waals surface area contributed by atoms with E-state index >= 15 is 0 Å². The molecule has 0 amide bonds. The number of hydrogen-bond acceptors (Lipinski definition) is 5. The number of ether oxygens (including phenoxy) is 1. The van der Waals surface area contributed by atoms with Gasteiger partial charge in [-0.3, -0.25) is 9.78 Å². The maximum absolute atomic E-state index is 11.8. The van der Waals surface area contributed by atoms with E-state index in [1.165, 1.54) is 0 Å². The first-order valence-electron chi connectivity index (χ1n) is 5.84. The van der Waals surface area contributed by atoms with Gasteiger partial charge in [-0.1, -0.05) is 0 Å². The molecule has 0 unspecified atom stereocenters. The number of piperazine rings is 1. The van der Waals surface area contributed by atoms with Crippen molar-refractivity contribution in [2.75, 3.05) is 44.8 Å². The number of anilines is 1. The van der Waals surface area contributed by atoms with Gasteiger partial charge in [0.25, 0.3) is 5.56 Å². The molecule has 0 aromatic carbocycles. The fourth-order valence-electron chi connectivity index (χ4n) is 1.84. The predicted octanol–water partition coefficient (Wildman–Crippen LogP) is -0.632. The van der Waals surface area contributed by atoms with Crippen LogP contribution in [-0.2, 0) is 11.2 Å². The summed E-state index contributed by atoms with van der Waals surface area (Å²) in [4.78, 5) is 21.0. The average Bonchev–Trinajstić information content (AvgIpc) is 2.38. The molecular formula is C11H18N4O2. The molecule has 0 radical (unpaired) electrons. The van der Waals surface area contributed by atoms with Crippen LogP contribution in [0.1, 0.15) is 5.56 Å². The van der Waals surface area contributed by atoms with Crippen LogP contribution in [0.15, 0.2) is 11.0 Å². The van der Waals surface area contributed by atoms with Crippen LogP contribution in [0.3, 0.4) is 0 Å². The molecule has 1 fully saturated rings. The van der Waals surface area contributed by atoms with E-state index in [4.69, 9.17) is 4.74 Å². The Labute approximate surface area is 100 Å². The number of H-pyrrole nitrogens is 1. The fraction of sp³-hybridized carbons (Fsp3) is 0.636. The first-order valence-corrected chi connectivity index (χ1v) is 5.84. The fourth-order valence-corrected chi connectivity index (χ4v) is 1.84. The Balaban J connectivity index is 2.09. The summed E-state index contributed by atoms with van der Waals surface area (Å²) in [6, 6.07) is 0. The molecule has 6 heteroatoms. The summed E-state index contributed by atoms with van der Waals surface area (Å²) in [5, 5.41) is 3.26. The number of rotatable bonds is 4. The van der Waals surface area contributed by atoms with Gasteiger partial charge < -0.3 is 15.0 Å². The Morgan fingerprint density at radius 2 is 2.24 bits per heavy atom. The average molecular weight is 238 g/mol. The highest BCUT2D eigenvalue weighted by molar-refractivity contribution is 5.30. The predicted molar refractivity (Wildman–Crippen MR) is 65.5 cm³/mol. The number of aromatic nitrogens is 2. The van der Waals surface area contributed by atoms with Crippen LogP contribution in [0, 0.1) is 0 Å². The quantitative estimate of drug-likeness (QED) is 0.731. The van der Waals surface area contributed by atoms with Crippen molar-refractivity contribution in [1.82, 2.24) is 15.3 Å². The summed E-state index contributed by atoms with van der Waals surface area (Å²) in [5.41, 5.74) is 0.608. The van der Waals surface area contributed by atoms with Crippen LogP contribution >= 0.6 is 0 Å². The van der Waals surface area contributed by atoms with E-state index < -0.39 is 0 Å². The number of nitrogens with one attached hydrogen (secondary N) is 2. The third-order valence-electron chi connectivity index (χ3n) is 2.85. The van der Waals surface area contributed by atoms with E-state index in [9.17, 15) is 4.79 Å². The van der Waals surface area contributed by atoms with Crippen molar-refractivity contribution in [2.45, 2.75) is 6.42 Å². The van der Waals surface area contributed by atoms with E-state index in [1.807, 2.05) is 0 Å². The zero-order chi connectivity index (χ0) is 12.1. The van der Waals surface area contributed by atoms with Gasteiger partial charge in [0, 0.05) is 51.5 Å². The lowest BCUT2D eigenvalue weighted by atomic mass is 10.2. The lowest BCUT2D eigenvalue weighted by Crippen LogP contribution is -2.44. The zero-order valence-electron chi connectivity index (χ0n) is 10.0. The Hall–Kier alpha value is -1.40. The zero-order valence-corrected chi connectivity index (χ0v) is 10.0. The highest BCUT2D eigenvalue weighted by Gasteiger charge is 2.13. The third kappa shape index (κ3) is 3.04. The van der Waals surface area contributed by atoms with Crippen LogP contribution in [0.2, 0.25) is 0 Å². The van der Waals surface area contributed by atoms with Gasteiger partial charge in [-0.15, -0.1) is 0 Å². The normalized spacial score (nSPS) is 16.2. The Kier molecular flexibility index (Phi) is 4.11. The second-order valence-electron chi connectivity index (χ2n) is 4.04. The molecule has 2 N–H and O–H groups in total. The van der Waals surface area contributed by atoms with Crippen molar-refractivity contribution in [3.05, 3.63) is 22.1 Å². The SMILES string of the molecule is COCCc1cnc(N2CCNCC2)[nH]c1=O. The van der Waals surface area contributed by atoms with E-state index in [0.717, 1.165) is 26.2 Å². The lowest BCUT2D eigenvalue weighted by Gasteiger charge is -2.27. The second kappa shape index (κ2) is 5.79. The molecule has 1 aromatic heterocycles. The van der Waals surface area contributed by atoms with Gasteiger partial charge in [-0.05, 0) is 0 Å². The lowest BCUT2D eigenvalue weighted by molar-refractivity contribution is 0.202. The van der Waals surface area contributed by atoms with Gasteiger partial charge in [-0.25, -0.2) is 4.98 Å². The molecule has 2 rings (SSSR count). The summed E-state index contributed by atoms with van der Waals surface area (Å²) in [6.07, 6.45) is 2.25. The van der Waals surface area contributed by atoms with Crippen molar-refractivity contribution in [2.24, 2.45) is 0 Å². The molecule has 2 heterocycles. The van der Waals surface area contributed by atoms with Crippen LogP contribution in [0.25, 0.3) is 0 Å². The number of methoxy groups -OCH3 is 1. The number of hydrogen-bond donors (Lipinski definition) is 2. The van der Waals surface area contributed by atoms with Gasteiger partial charge >= 0.3 is 0 Å². The van der Waals surface area contributed by atoms with Gasteiger partial charge in [0.05, 0.1) is 6.61 Å². The molecule has 0 aliphatic carbocycles. The summed E-state index contributed by atoms with van der Waals surface area (Å²) >= 11 is 0. The number of aromatic amines is 1. The minimum Gasteiger partial charge on any atom is -0.384 e. The Bertz CT molecular complexity index is 412. The molecule has 94 valence electrons. The van der Waals surface area contributed by atoms with E-state index in [1.54, 1.807) is 13.3 Å². The largest absolute Gasteiger partial charge is 0.384 e. The van der Waals surface area contributed by atoms with Crippen molar-refractivity contribution in [3.8, 4) is 0 Å². The van der Waals surface area contributed by atoms with E-state index in [2.05, 4.69) is 20.2 Å². The van der Waals surface area contributed by atoms with Gasteiger partial charge in [0.1, 0.15) is 0 Å². The maximum Gasteiger partial charge on any atom is 0.255 e. The van der Waals surface area contributed by atoms with Crippen molar-refractivity contribution in [3.63, 3.8) is 0 Å². The first kappa shape index (κ1) is 12.1. The van der Waals surface area contributed by atoms with Crippen LogP contribution in [0.5, 0.6) is 0 Å². The van der Waals surface area contributed by atoms with Crippen molar-refractivity contribution < 1.29 is 4.74 Å². The molecule has 17 heavy (non-hydrogen) atoms. The summed E-state index contributed by atoms with van der Waals surface area (Å²) < 4.78 is 4.95.